The lowest BCUT2D eigenvalue weighted by Crippen LogP contribution is -2.32. The molecule has 1 aliphatic rings. The highest BCUT2D eigenvalue weighted by Gasteiger charge is 2.33. The minimum atomic E-state index is -0.748. The summed E-state index contributed by atoms with van der Waals surface area (Å²) in [6.45, 7) is 0. The maximum atomic E-state index is 14.3. The molecule has 0 amide bonds. The average Bonchev–Trinajstić information content (AvgIpc) is 3.09. The van der Waals surface area contributed by atoms with Crippen molar-refractivity contribution >= 4 is 40.3 Å². The zero-order valence-corrected chi connectivity index (χ0v) is 16.2. The summed E-state index contributed by atoms with van der Waals surface area (Å²) >= 11 is 12.2. The third kappa shape index (κ3) is 3.81. The van der Waals surface area contributed by atoms with E-state index in [0.29, 0.717) is 16.4 Å². The van der Waals surface area contributed by atoms with E-state index in [9.17, 15) is 8.78 Å². The zero-order valence-electron chi connectivity index (χ0n) is 14.7. The molecule has 0 radical (unpaired) electrons. The number of para-hydroxylation sites is 1. The number of rotatable bonds is 4. The third-order valence-electron chi connectivity index (χ3n) is 4.26. The number of hydrazone groups is 1. The van der Waals surface area contributed by atoms with Crippen molar-refractivity contribution in [3.05, 3.63) is 76.2 Å². The van der Waals surface area contributed by atoms with Gasteiger partial charge in [-0.2, -0.15) is 10.1 Å². The van der Waals surface area contributed by atoms with Crippen molar-refractivity contribution in [3.8, 4) is 5.88 Å². The Bertz CT molecular complexity index is 1110. The first-order valence-electron chi connectivity index (χ1n) is 8.43. The molecule has 29 heavy (non-hydrogen) atoms. The molecule has 1 aliphatic heterocycles. The van der Waals surface area contributed by atoms with Gasteiger partial charge >= 0.3 is 0 Å². The van der Waals surface area contributed by atoms with E-state index in [0.717, 1.165) is 12.1 Å². The van der Waals surface area contributed by atoms with Crippen molar-refractivity contribution in [2.24, 2.45) is 5.10 Å². The number of hydrogen-bond donors (Lipinski definition) is 1. The first-order chi connectivity index (χ1) is 13.9. The third-order valence-corrected chi connectivity index (χ3v) is 4.88. The van der Waals surface area contributed by atoms with Crippen molar-refractivity contribution in [3.63, 3.8) is 0 Å². The molecule has 0 saturated heterocycles. The van der Waals surface area contributed by atoms with E-state index in [1.54, 1.807) is 24.3 Å². The van der Waals surface area contributed by atoms with Crippen LogP contribution in [0, 0.1) is 11.6 Å². The molecule has 4 rings (SSSR count). The second-order valence-electron chi connectivity index (χ2n) is 6.13. The summed E-state index contributed by atoms with van der Waals surface area (Å²) in [6, 6.07) is 10.3. The number of halogens is 4. The van der Waals surface area contributed by atoms with Gasteiger partial charge in [-0.1, -0.05) is 35.3 Å². The van der Waals surface area contributed by atoms with Crippen molar-refractivity contribution in [1.29, 1.82) is 0 Å². The first kappa shape index (κ1) is 19.4. The number of nitrogen functional groups attached to an aromatic ring is 1. The van der Waals surface area contributed by atoms with Crippen LogP contribution in [0.2, 0.25) is 10.2 Å². The number of hydrogen-bond acceptors (Lipinski definition) is 6. The van der Waals surface area contributed by atoms with Gasteiger partial charge < -0.3 is 10.5 Å². The van der Waals surface area contributed by atoms with Crippen LogP contribution >= 0.6 is 23.2 Å². The zero-order chi connectivity index (χ0) is 20.5. The van der Waals surface area contributed by atoms with Gasteiger partial charge in [-0.15, -0.1) is 0 Å². The SMILES string of the molecule is Nc1c(Cl)ncnc1O[C@@H]1CC(c2ccc(F)cc2F)=NN1c1ccccc1Cl. The van der Waals surface area contributed by atoms with Gasteiger partial charge in [-0.25, -0.2) is 18.8 Å². The number of benzene rings is 2. The molecule has 0 aliphatic carbocycles. The summed E-state index contributed by atoms with van der Waals surface area (Å²) < 4.78 is 33.5. The molecule has 148 valence electrons. The fourth-order valence-electron chi connectivity index (χ4n) is 2.89. The number of anilines is 2. The molecule has 6 nitrogen and oxygen atoms in total. The lowest BCUT2D eigenvalue weighted by molar-refractivity contribution is 0.206. The van der Waals surface area contributed by atoms with Crippen LogP contribution in [-0.4, -0.2) is 21.9 Å². The number of nitrogens with zero attached hydrogens (tertiary/aromatic N) is 4. The first-order valence-corrected chi connectivity index (χ1v) is 9.19. The number of aromatic nitrogens is 2. The van der Waals surface area contributed by atoms with E-state index in [4.69, 9.17) is 33.7 Å². The second kappa shape index (κ2) is 7.81. The summed E-state index contributed by atoms with van der Waals surface area (Å²) in [5.74, 6) is -1.35. The molecule has 10 heteroatoms. The van der Waals surface area contributed by atoms with Gasteiger partial charge in [0.15, 0.2) is 11.4 Å². The minimum Gasteiger partial charge on any atom is -0.450 e. The molecule has 2 N–H and O–H groups in total. The smallest absolute Gasteiger partial charge is 0.243 e. The van der Waals surface area contributed by atoms with Crippen LogP contribution in [0.1, 0.15) is 12.0 Å². The van der Waals surface area contributed by atoms with E-state index in [-0.39, 0.29) is 28.7 Å². The Morgan fingerprint density at radius 3 is 2.66 bits per heavy atom. The quantitative estimate of drug-likeness (QED) is 0.602. The van der Waals surface area contributed by atoms with Crippen LogP contribution in [0.5, 0.6) is 5.88 Å². The van der Waals surface area contributed by atoms with Gasteiger partial charge in [-0.3, -0.25) is 0 Å². The van der Waals surface area contributed by atoms with Crippen LogP contribution < -0.4 is 15.5 Å². The molecule has 0 fully saturated rings. The molecular weight excluding hydrogens is 423 g/mol. The number of ether oxygens (including phenoxy) is 1. The molecule has 0 bridgehead atoms. The van der Waals surface area contributed by atoms with Crippen molar-refractivity contribution < 1.29 is 13.5 Å². The van der Waals surface area contributed by atoms with E-state index in [1.165, 1.54) is 17.4 Å². The highest BCUT2D eigenvalue weighted by Crippen LogP contribution is 2.35. The summed E-state index contributed by atoms with van der Waals surface area (Å²) in [5.41, 5.74) is 7.01. The molecule has 0 spiro atoms. The summed E-state index contributed by atoms with van der Waals surface area (Å²) in [5, 5.41) is 6.43. The predicted molar refractivity (Wildman–Crippen MR) is 107 cm³/mol. The molecule has 0 saturated carbocycles. The minimum absolute atomic E-state index is 0.0445. The predicted octanol–water partition coefficient (Wildman–Crippen LogP) is 4.66. The molecular formula is C19H13Cl2F2N5O. The summed E-state index contributed by atoms with van der Waals surface area (Å²) in [7, 11) is 0. The Labute approximate surface area is 174 Å². The van der Waals surface area contributed by atoms with E-state index in [2.05, 4.69) is 15.1 Å². The monoisotopic (exact) mass is 435 g/mol. The van der Waals surface area contributed by atoms with E-state index in [1.807, 2.05) is 0 Å². The van der Waals surface area contributed by atoms with Crippen molar-refractivity contribution in [2.45, 2.75) is 12.6 Å². The van der Waals surface area contributed by atoms with Crippen LogP contribution in [0.25, 0.3) is 0 Å². The molecule has 2 heterocycles. The van der Waals surface area contributed by atoms with Gasteiger partial charge in [0.2, 0.25) is 5.88 Å². The normalized spacial score (nSPS) is 16.1. The molecule has 1 aromatic heterocycles. The Morgan fingerprint density at radius 1 is 1.10 bits per heavy atom. The number of nitrogens with two attached hydrogens (primary N) is 1. The van der Waals surface area contributed by atoms with Gasteiger partial charge in [0, 0.05) is 11.6 Å². The van der Waals surface area contributed by atoms with Gasteiger partial charge in [0.25, 0.3) is 0 Å². The van der Waals surface area contributed by atoms with E-state index < -0.39 is 17.9 Å². The molecule has 3 aromatic rings. The van der Waals surface area contributed by atoms with Crippen LogP contribution in [-0.2, 0) is 0 Å². The van der Waals surface area contributed by atoms with Crippen molar-refractivity contribution in [2.75, 3.05) is 10.7 Å². The lowest BCUT2D eigenvalue weighted by Gasteiger charge is -2.24. The lowest BCUT2D eigenvalue weighted by atomic mass is 10.1. The maximum Gasteiger partial charge on any atom is 0.243 e. The van der Waals surface area contributed by atoms with Crippen LogP contribution in [0.4, 0.5) is 20.2 Å². The highest BCUT2D eigenvalue weighted by molar-refractivity contribution is 6.33. The highest BCUT2D eigenvalue weighted by atomic mass is 35.5. The molecule has 0 unspecified atom stereocenters. The average molecular weight is 436 g/mol. The van der Waals surface area contributed by atoms with Crippen LogP contribution in [0.15, 0.2) is 53.9 Å². The largest absolute Gasteiger partial charge is 0.450 e. The topological polar surface area (TPSA) is 76.6 Å². The van der Waals surface area contributed by atoms with E-state index >= 15 is 0 Å². The fourth-order valence-corrected chi connectivity index (χ4v) is 3.24. The fraction of sp³-hybridized carbons (Fsp3) is 0.105. The molecule has 1 atom stereocenters. The van der Waals surface area contributed by atoms with Gasteiger partial charge in [-0.05, 0) is 24.3 Å². The standard InChI is InChI=1S/C19H13Cl2F2N5O/c20-12-3-1-2-4-15(12)28-16(29-19-17(24)18(21)25-9-26-19)8-14(27-28)11-6-5-10(22)7-13(11)23/h1-7,9,16H,8,24H2/t16-/m1/s1. The Hall–Kier alpha value is -2.97. The summed E-state index contributed by atoms with van der Waals surface area (Å²) in [4.78, 5) is 7.79. The Balaban J connectivity index is 1.74. The second-order valence-corrected chi connectivity index (χ2v) is 6.89. The maximum absolute atomic E-state index is 14.3. The molecule has 2 aromatic carbocycles. The van der Waals surface area contributed by atoms with Crippen molar-refractivity contribution in [1.82, 2.24) is 9.97 Å². The van der Waals surface area contributed by atoms with Crippen LogP contribution in [0.3, 0.4) is 0 Å². The Kier molecular flexibility index (Phi) is 5.21. The van der Waals surface area contributed by atoms with Gasteiger partial charge in [0.1, 0.15) is 23.6 Å². The Morgan fingerprint density at radius 2 is 1.90 bits per heavy atom. The summed E-state index contributed by atoms with van der Waals surface area (Å²) in [6.07, 6.45) is 0.626. The van der Waals surface area contributed by atoms with Gasteiger partial charge in [0.05, 0.1) is 22.8 Å².